The second-order valence-corrected chi connectivity index (χ2v) is 6.29. The maximum Gasteiger partial charge on any atom is 0.239 e. The number of nitrogens with one attached hydrogen (secondary N) is 2. The number of carbonyl (C=O) groups is 1. The van der Waals surface area contributed by atoms with E-state index in [1.165, 1.54) is 30.3 Å². The molecule has 0 bridgehead atoms. The highest BCUT2D eigenvalue weighted by Gasteiger charge is 2.09. The van der Waals surface area contributed by atoms with Gasteiger partial charge in [0.25, 0.3) is 0 Å². The second kappa shape index (κ2) is 7.66. The smallest absolute Gasteiger partial charge is 0.239 e. The quantitative estimate of drug-likeness (QED) is 0.851. The summed E-state index contributed by atoms with van der Waals surface area (Å²) < 4.78 is 38.5. The van der Waals surface area contributed by atoms with Crippen molar-refractivity contribution in [3.8, 4) is 0 Å². The minimum Gasteiger partial charge on any atom is -0.325 e. The lowest BCUT2D eigenvalue weighted by atomic mass is 10.2. The third kappa shape index (κ3) is 6.01. The number of sulfonamides is 1. The number of halogens is 1. The molecule has 0 aromatic heterocycles. The van der Waals surface area contributed by atoms with Crippen molar-refractivity contribution in [1.82, 2.24) is 4.72 Å². The predicted molar refractivity (Wildman–Crippen MR) is 87.4 cm³/mol. The number of carbonyl (C=O) groups excluding carboxylic acids is 1. The highest BCUT2D eigenvalue weighted by atomic mass is 32.2. The Labute approximate surface area is 133 Å². The van der Waals surface area contributed by atoms with E-state index in [1.807, 2.05) is 6.07 Å². The molecule has 2 aromatic carbocycles. The van der Waals surface area contributed by atoms with Crippen LogP contribution in [0.5, 0.6) is 0 Å². The Morgan fingerprint density at radius 1 is 1.04 bits per heavy atom. The summed E-state index contributed by atoms with van der Waals surface area (Å²) in [5, 5.41) is 3.45. The molecule has 2 rings (SSSR count). The van der Waals surface area contributed by atoms with Gasteiger partial charge in [-0.2, -0.15) is 0 Å². The van der Waals surface area contributed by atoms with E-state index in [-0.39, 0.29) is 0 Å². The zero-order chi connectivity index (χ0) is 16.7. The number of rotatable bonds is 6. The molecule has 5 nitrogen and oxygen atoms in total. The highest BCUT2D eigenvalue weighted by molar-refractivity contribution is 7.92. The van der Waals surface area contributed by atoms with Crippen LogP contribution in [0.4, 0.5) is 10.1 Å². The van der Waals surface area contributed by atoms with Crippen LogP contribution in [0.2, 0.25) is 0 Å². The number of anilines is 1. The van der Waals surface area contributed by atoms with Crippen molar-refractivity contribution in [3.05, 3.63) is 71.4 Å². The van der Waals surface area contributed by atoms with Crippen molar-refractivity contribution < 1.29 is 17.6 Å². The van der Waals surface area contributed by atoms with Crippen LogP contribution >= 0.6 is 0 Å². The predicted octanol–water partition coefficient (Wildman–Crippen LogP) is 2.35. The van der Waals surface area contributed by atoms with Crippen LogP contribution in [0.15, 0.2) is 60.0 Å². The van der Waals surface area contributed by atoms with Crippen LogP contribution in [-0.4, -0.2) is 20.9 Å². The molecule has 0 unspecified atom stereocenters. The lowest BCUT2D eigenvalue weighted by Crippen LogP contribution is -2.31. The van der Waals surface area contributed by atoms with Crippen LogP contribution in [-0.2, 0) is 14.8 Å². The van der Waals surface area contributed by atoms with E-state index in [0.717, 1.165) is 11.0 Å². The molecule has 0 radical (unpaired) electrons. The summed E-state index contributed by atoms with van der Waals surface area (Å²) in [6, 6.07) is 14.1. The highest BCUT2D eigenvalue weighted by Crippen LogP contribution is 2.08. The summed E-state index contributed by atoms with van der Waals surface area (Å²) in [6.07, 6.45) is 1.43. The molecule has 23 heavy (non-hydrogen) atoms. The summed E-state index contributed by atoms with van der Waals surface area (Å²) in [6.45, 7) is -0.418. The molecule has 0 atom stereocenters. The summed E-state index contributed by atoms with van der Waals surface area (Å²) in [7, 11) is -3.73. The number of benzene rings is 2. The Hall–Kier alpha value is -2.51. The molecule has 0 aliphatic carbocycles. The molecule has 0 aliphatic heterocycles. The lowest BCUT2D eigenvalue weighted by Gasteiger charge is -2.05. The first-order valence-corrected chi connectivity index (χ1v) is 8.27. The molecular weight excluding hydrogens is 319 g/mol. The molecule has 2 N–H and O–H groups in total. The van der Waals surface area contributed by atoms with Gasteiger partial charge >= 0.3 is 0 Å². The van der Waals surface area contributed by atoms with Gasteiger partial charge in [0, 0.05) is 11.1 Å². The van der Waals surface area contributed by atoms with Gasteiger partial charge in [0.05, 0.1) is 6.54 Å². The molecule has 0 fully saturated rings. The Kier molecular flexibility index (Phi) is 5.61. The molecule has 1 amide bonds. The largest absolute Gasteiger partial charge is 0.325 e. The fraction of sp³-hybridized carbons (Fsp3) is 0.0625. The van der Waals surface area contributed by atoms with Crippen molar-refractivity contribution in [2.45, 2.75) is 0 Å². The van der Waals surface area contributed by atoms with Crippen molar-refractivity contribution in [1.29, 1.82) is 0 Å². The minimum atomic E-state index is -3.73. The van der Waals surface area contributed by atoms with E-state index in [1.54, 1.807) is 24.3 Å². The molecule has 0 saturated heterocycles. The number of amides is 1. The van der Waals surface area contributed by atoms with E-state index in [4.69, 9.17) is 0 Å². The number of hydrogen-bond donors (Lipinski definition) is 2. The molecule has 0 aliphatic rings. The first kappa shape index (κ1) is 16.9. The van der Waals surface area contributed by atoms with Gasteiger partial charge in [-0.15, -0.1) is 0 Å². The van der Waals surface area contributed by atoms with Crippen molar-refractivity contribution in [3.63, 3.8) is 0 Å². The van der Waals surface area contributed by atoms with Crippen LogP contribution in [0, 0.1) is 5.82 Å². The average molecular weight is 334 g/mol. The fourth-order valence-corrected chi connectivity index (χ4v) is 2.45. The first-order chi connectivity index (χ1) is 10.9. The van der Waals surface area contributed by atoms with E-state index >= 15 is 0 Å². The molecule has 0 heterocycles. The van der Waals surface area contributed by atoms with Crippen LogP contribution in [0.1, 0.15) is 5.56 Å². The molecule has 7 heteroatoms. The number of hydrogen-bond acceptors (Lipinski definition) is 3. The zero-order valence-electron chi connectivity index (χ0n) is 12.1. The maximum absolute atomic E-state index is 12.7. The standard InChI is InChI=1S/C16H15FN2O3S/c17-14-6-8-15(9-7-14)19-16(20)12-18-23(21,22)11-10-13-4-2-1-3-5-13/h1-11,18H,12H2,(H,19,20)/b11-10+. The maximum atomic E-state index is 12.7. The van der Waals surface area contributed by atoms with Gasteiger partial charge in [-0.1, -0.05) is 30.3 Å². The third-order valence-corrected chi connectivity index (χ3v) is 3.84. The van der Waals surface area contributed by atoms with E-state index in [9.17, 15) is 17.6 Å². The van der Waals surface area contributed by atoms with Crippen LogP contribution in [0.25, 0.3) is 6.08 Å². The summed E-state index contributed by atoms with van der Waals surface area (Å²) >= 11 is 0. The van der Waals surface area contributed by atoms with Crippen molar-refractivity contribution in [2.75, 3.05) is 11.9 Å². The fourth-order valence-electron chi connectivity index (χ4n) is 1.68. The van der Waals surface area contributed by atoms with E-state index in [0.29, 0.717) is 5.69 Å². The first-order valence-electron chi connectivity index (χ1n) is 6.73. The minimum absolute atomic E-state index is 0.385. The van der Waals surface area contributed by atoms with Gasteiger partial charge in [-0.05, 0) is 35.9 Å². The third-order valence-electron chi connectivity index (χ3n) is 2.80. The molecule has 2 aromatic rings. The molecule has 0 spiro atoms. The zero-order valence-corrected chi connectivity index (χ0v) is 12.9. The summed E-state index contributed by atoms with van der Waals surface area (Å²) in [4.78, 5) is 11.7. The summed E-state index contributed by atoms with van der Waals surface area (Å²) in [5.41, 5.74) is 1.11. The van der Waals surface area contributed by atoms with Crippen molar-refractivity contribution >= 4 is 27.7 Å². The summed E-state index contributed by atoms with van der Waals surface area (Å²) in [5.74, 6) is -0.969. The normalized spacial score (nSPS) is 11.5. The Bertz CT molecular complexity index is 788. The van der Waals surface area contributed by atoms with E-state index in [2.05, 4.69) is 10.0 Å². The van der Waals surface area contributed by atoms with Gasteiger partial charge in [0.15, 0.2) is 0 Å². The topological polar surface area (TPSA) is 75.3 Å². The van der Waals surface area contributed by atoms with Gasteiger partial charge < -0.3 is 5.32 Å². The molecule has 120 valence electrons. The Morgan fingerprint density at radius 2 is 1.70 bits per heavy atom. The van der Waals surface area contributed by atoms with Crippen molar-refractivity contribution in [2.24, 2.45) is 0 Å². The van der Waals surface area contributed by atoms with Gasteiger partial charge in [0.2, 0.25) is 15.9 Å². The second-order valence-electron chi connectivity index (χ2n) is 4.63. The Morgan fingerprint density at radius 3 is 2.35 bits per heavy atom. The molecular formula is C16H15FN2O3S. The van der Waals surface area contributed by atoms with Gasteiger partial charge in [-0.25, -0.2) is 17.5 Å². The lowest BCUT2D eigenvalue weighted by molar-refractivity contribution is -0.115. The van der Waals surface area contributed by atoms with Gasteiger partial charge in [-0.3, -0.25) is 4.79 Å². The monoisotopic (exact) mass is 334 g/mol. The Balaban J connectivity index is 1.87. The van der Waals surface area contributed by atoms with E-state index < -0.39 is 28.3 Å². The van der Waals surface area contributed by atoms with Gasteiger partial charge in [0.1, 0.15) is 5.82 Å². The van der Waals surface area contributed by atoms with Crippen LogP contribution in [0.3, 0.4) is 0 Å². The SMILES string of the molecule is O=C(CNS(=O)(=O)/C=C/c1ccccc1)Nc1ccc(F)cc1. The van der Waals surface area contributed by atoms with Crippen LogP contribution < -0.4 is 10.0 Å². The average Bonchev–Trinajstić information content (AvgIpc) is 2.55. The molecule has 0 saturated carbocycles.